The Morgan fingerprint density at radius 1 is 1.08 bits per heavy atom. The lowest BCUT2D eigenvalue weighted by Crippen LogP contribution is -2.05. The third-order valence-electron chi connectivity index (χ3n) is 3.42. The molecule has 1 heterocycles. The zero-order valence-corrected chi connectivity index (χ0v) is 14.9. The maximum atomic E-state index is 11.0. The maximum Gasteiger partial charge on any atom is 0.223 e. The Balaban J connectivity index is 1.54. The number of aryl methyl sites for hydroxylation is 1. The van der Waals surface area contributed by atoms with Gasteiger partial charge >= 0.3 is 0 Å². The van der Waals surface area contributed by atoms with Crippen LogP contribution in [0, 0.1) is 6.92 Å². The molecule has 0 saturated heterocycles. The number of carbonyl (C=O) groups excluding carboxylic acids is 1. The summed E-state index contributed by atoms with van der Waals surface area (Å²) in [4.78, 5) is 15.4. The molecule has 2 aromatic carbocycles. The maximum absolute atomic E-state index is 11.0. The fraction of sp³-hybridized carbons (Fsp3) is 0.167. The second kappa shape index (κ2) is 7.85. The first-order valence-electron chi connectivity index (χ1n) is 7.84. The second-order valence-corrected chi connectivity index (χ2v) is 6.57. The van der Waals surface area contributed by atoms with Gasteiger partial charge in [-0.05, 0) is 36.8 Å². The van der Waals surface area contributed by atoms with Crippen LogP contribution in [-0.2, 0) is 10.5 Å². The molecule has 0 fully saturated rings. The molecule has 0 aliphatic rings. The van der Waals surface area contributed by atoms with Crippen LogP contribution in [0.25, 0.3) is 0 Å². The van der Waals surface area contributed by atoms with Crippen LogP contribution in [0.4, 0.5) is 17.3 Å². The molecule has 0 radical (unpaired) electrons. The topological polar surface area (TPSA) is 82.7 Å². The third kappa shape index (κ3) is 5.09. The van der Waals surface area contributed by atoms with Gasteiger partial charge in [0.2, 0.25) is 17.0 Å². The van der Waals surface area contributed by atoms with E-state index in [0.717, 1.165) is 22.7 Å². The average Bonchev–Trinajstić information content (AvgIpc) is 3.03. The van der Waals surface area contributed by atoms with Crippen molar-refractivity contribution in [3.8, 4) is 0 Å². The molecule has 6 nitrogen and oxygen atoms in total. The van der Waals surface area contributed by atoms with Crippen LogP contribution in [0.3, 0.4) is 0 Å². The number of aromatic nitrogens is 3. The van der Waals surface area contributed by atoms with Crippen molar-refractivity contribution in [2.75, 3.05) is 10.6 Å². The molecule has 1 aromatic heterocycles. The highest BCUT2D eigenvalue weighted by Crippen LogP contribution is 2.22. The number of amides is 1. The van der Waals surface area contributed by atoms with Crippen molar-refractivity contribution in [3.05, 3.63) is 59.7 Å². The van der Waals surface area contributed by atoms with E-state index in [-0.39, 0.29) is 5.91 Å². The van der Waals surface area contributed by atoms with Crippen LogP contribution in [-0.4, -0.2) is 21.1 Å². The molecule has 0 unspecified atom stereocenters. The number of nitrogens with zero attached hydrogens (tertiary/aromatic N) is 2. The molecule has 128 valence electrons. The van der Waals surface area contributed by atoms with Crippen molar-refractivity contribution in [1.29, 1.82) is 0 Å². The quantitative estimate of drug-likeness (QED) is 0.581. The lowest BCUT2D eigenvalue weighted by atomic mass is 10.2. The van der Waals surface area contributed by atoms with Gasteiger partial charge < -0.3 is 10.6 Å². The van der Waals surface area contributed by atoms with Gasteiger partial charge in [0.25, 0.3) is 0 Å². The zero-order chi connectivity index (χ0) is 17.6. The van der Waals surface area contributed by atoms with E-state index < -0.39 is 0 Å². The van der Waals surface area contributed by atoms with E-state index >= 15 is 0 Å². The summed E-state index contributed by atoms with van der Waals surface area (Å²) in [5.41, 5.74) is 4.11. The molecule has 3 rings (SSSR count). The molecule has 0 bridgehead atoms. The van der Waals surface area contributed by atoms with Gasteiger partial charge in [0.1, 0.15) is 0 Å². The summed E-state index contributed by atoms with van der Waals surface area (Å²) in [6, 6.07) is 15.8. The highest BCUT2D eigenvalue weighted by atomic mass is 32.2. The van der Waals surface area contributed by atoms with Crippen molar-refractivity contribution in [2.24, 2.45) is 0 Å². The molecule has 1 amide bonds. The Kier molecular flexibility index (Phi) is 5.35. The summed E-state index contributed by atoms with van der Waals surface area (Å²) in [6.45, 7) is 3.55. The number of benzene rings is 2. The monoisotopic (exact) mass is 353 g/mol. The van der Waals surface area contributed by atoms with Crippen LogP contribution >= 0.6 is 11.8 Å². The summed E-state index contributed by atoms with van der Waals surface area (Å²) in [6.07, 6.45) is 0. The highest BCUT2D eigenvalue weighted by Gasteiger charge is 2.05. The van der Waals surface area contributed by atoms with Gasteiger partial charge in [0.15, 0.2) is 0 Å². The van der Waals surface area contributed by atoms with Gasteiger partial charge in [-0.1, -0.05) is 41.6 Å². The number of carbonyl (C=O) groups is 1. The molecule has 0 saturated carbocycles. The highest BCUT2D eigenvalue weighted by molar-refractivity contribution is 7.98. The molecule has 0 aliphatic carbocycles. The number of hydrogen-bond acceptors (Lipinski definition) is 5. The minimum atomic E-state index is -0.0727. The molecule has 0 aliphatic heterocycles. The van der Waals surface area contributed by atoms with E-state index in [1.54, 1.807) is 11.8 Å². The number of nitrogens with one attached hydrogen (secondary N) is 3. The zero-order valence-electron chi connectivity index (χ0n) is 14.0. The molecule has 3 N–H and O–H groups in total. The first-order chi connectivity index (χ1) is 12.1. The number of anilines is 3. The molecule has 7 heteroatoms. The van der Waals surface area contributed by atoms with Crippen LogP contribution in [0.15, 0.2) is 53.7 Å². The predicted octanol–water partition coefficient (Wildman–Crippen LogP) is 4.11. The van der Waals surface area contributed by atoms with E-state index in [4.69, 9.17) is 0 Å². The van der Waals surface area contributed by atoms with Gasteiger partial charge in [0, 0.05) is 24.1 Å². The van der Waals surface area contributed by atoms with Crippen LogP contribution in [0.2, 0.25) is 0 Å². The van der Waals surface area contributed by atoms with Crippen molar-refractivity contribution in [2.45, 2.75) is 24.8 Å². The molecule has 0 atom stereocenters. The molecule has 3 aromatic rings. The number of hydrogen-bond donors (Lipinski definition) is 3. The summed E-state index contributed by atoms with van der Waals surface area (Å²) in [5.74, 6) is 1.30. The van der Waals surface area contributed by atoms with Gasteiger partial charge in [0.05, 0.1) is 0 Å². The second-order valence-electron chi connectivity index (χ2n) is 5.62. The SMILES string of the molecule is CC(=O)Nc1ccc(CSc2n[nH]c(Nc3ccc(C)cc3)n2)cc1. The molecule has 0 spiro atoms. The Hall–Kier alpha value is -2.80. The van der Waals surface area contributed by atoms with Gasteiger partial charge in [-0.15, -0.1) is 5.10 Å². The van der Waals surface area contributed by atoms with Gasteiger partial charge in [-0.25, -0.2) is 5.10 Å². The van der Waals surface area contributed by atoms with Crippen LogP contribution in [0.5, 0.6) is 0 Å². The largest absolute Gasteiger partial charge is 0.326 e. The van der Waals surface area contributed by atoms with Crippen molar-refractivity contribution in [3.63, 3.8) is 0 Å². The Bertz CT molecular complexity index is 843. The van der Waals surface area contributed by atoms with E-state index in [2.05, 4.69) is 32.7 Å². The Morgan fingerprint density at radius 2 is 1.76 bits per heavy atom. The van der Waals surface area contributed by atoms with Gasteiger partial charge in [-0.3, -0.25) is 4.79 Å². The summed E-state index contributed by atoms with van der Waals surface area (Å²) < 4.78 is 0. The van der Waals surface area contributed by atoms with E-state index in [9.17, 15) is 4.79 Å². The van der Waals surface area contributed by atoms with Crippen LogP contribution in [0.1, 0.15) is 18.1 Å². The van der Waals surface area contributed by atoms with E-state index in [0.29, 0.717) is 11.1 Å². The van der Waals surface area contributed by atoms with Crippen LogP contribution < -0.4 is 10.6 Å². The minimum Gasteiger partial charge on any atom is -0.326 e. The average molecular weight is 353 g/mol. The Morgan fingerprint density at radius 3 is 2.44 bits per heavy atom. The number of rotatable bonds is 6. The van der Waals surface area contributed by atoms with E-state index in [1.165, 1.54) is 12.5 Å². The number of H-pyrrole nitrogens is 1. The van der Waals surface area contributed by atoms with Crippen molar-refractivity contribution < 1.29 is 4.79 Å². The first kappa shape index (κ1) is 17.0. The third-order valence-corrected chi connectivity index (χ3v) is 4.34. The Labute approximate surface area is 150 Å². The standard InChI is InChI=1S/C18H19N5OS/c1-12-3-7-16(8-4-12)20-17-21-18(23-22-17)25-11-14-5-9-15(10-6-14)19-13(2)24/h3-10H,11H2,1-2H3,(H,19,24)(H2,20,21,22,23). The fourth-order valence-electron chi connectivity index (χ4n) is 2.18. The first-order valence-corrected chi connectivity index (χ1v) is 8.82. The predicted molar refractivity (Wildman–Crippen MR) is 101 cm³/mol. The lowest BCUT2D eigenvalue weighted by molar-refractivity contribution is -0.114. The fourth-order valence-corrected chi connectivity index (χ4v) is 2.93. The summed E-state index contributed by atoms with van der Waals surface area (Å²) >= 11 is 1.55. The number of aromatic amines is 1. The summed E-state index contributed by atoms with van der Waals surface area (Å²) in [7, 11) is 0. The van der Waals surface area contributed by atoms with Crippen molar-refractivity contribution in [1.82, 2.24) is 15.2 Å². The minimum absolute atomic E-state index is 0.0727. The van der Waals surface area contributed by atoms with Gasteiger partial charge in [-0.2, -0.15) is 4.98 Å². The molecule has 25 heavy (non-hydrogen) atoms. The smallest absolute Gasteiger partial charge is 0.223 e. The summed E-state index contributed by atoms with van der Waals surface area (Å²) in [5, 5.41) is 13.7. The van der Waals surface area contributed by atoms with Crippen molar-refractivity contribution >= 4 is 35.0 Å². The number of thioether (sulfide) groups is 1. The normalized spacial score (nSPS) is 10.5. The lowest BCUT2D eigenvalue weighted by Gasteiger charge is -2.03. The molecular formula is C18H19N5OS. The molecular weight excluding hydrogens is 334 g/mol. The van der Waals surface area contributed by atoms with E-state index in [1.807, 2.05) is 48.5 Å².